The number of para-hydroxylation sites is 1. The molecule has 0 saturated heterocycles. The molecule has 0 bridgehead atoms. The predicted octanol–water partition coefficient (Wildman–Crippen LogP) is 2.88. The van der Waals surface area contributed by atoms with Gasteiger partial charge in [0.05, 0.1) is 13.3 Å². The van der Waals surface area contributed by atoms with Crippen molar-refractivity contribution in [3.05, 3.63) is 52.8 Å². The third-order valence-electron chi connectivity index (χ3n) is 4.07. The lowest BCUT2D eigenvalue weighted by Crippen LogP contribution is -2.39. The molecule has 25 heavy (non-hydrogen) atoms. The van der Waals surface area contributed by atoms with Crippen LogP contribution in [0.1, 0.15) is 22.8 Å². The van der Waals surface area contributed by atoms with Gasteiger partial charge in [0, 0.05) is 11.7 Å². The average Bonchev–Trinajstić information content (AvgIpc) is 2.95. The maximum absolute atomic E-state index is 12.6. The molecule has 0 spiro atoms. The summed E-state index contributed by atoms with van der Waals surface area (Å²) in [5.41, 5.74) is 2.16. The first-order valence-corrected chi connectivity index (χ1v) is 8.15. The molecule has 1 unspecified atom stereocenters. The molecule has 1 atom stereocenters. The van der Waals surface area contributed by atoms with Crippen LogP contribution < -0.4 is 9.64 Å². The first-order chi connectivity index (χ1) is 12.0. The number of amides is 1. The molecule has 0 radical (unpaired) electrons. The number of nitrogens with zero attached hydrogens (tertiary/aromatic N) is 2. The fourth-order valence-electron chi connectivity index (χ4n) is 2.96. The van der Waals surface area contributed by atoms with Gasteiger partial charge in [-0.05, 0) is 31.0 Å². The molecule has 7 heteroatoms. The number of methoxy groups -OCH3 is 1. The summed E-state index contributed by atoms with van der Waals surface area (Å²) in [4.78, 5) is 30.1. The number of rotatable bonds is 4. The van der Waals surface area contributed by atoms with Gasteiger partial charge in [-0.15, -0.1) is 0 Å². The van der Waals surface area contributed by atoms with Gasteiger partial charge in [0.1, 0.15) is 10.7 Å². The van der Waals surface area contributed by atoms with E-state index in [-0.39, 0.29) is 35.0 Å². The zero-order valence-corrected chi connectivity index (χ0v) is 14.6. The van der Waals surface area contributed by atoms with Crippen LogP contribution >= 0.6 is 11.6 Å². The van der Waals surface area contributed by atoms with Crippen LogP contribution in [0.4, 0.5) is 5.69 Å². The molecule has 2 aromatic rings. The Hall–Kier alpha value is -2.60. The summed E-state index contributed by atoms with van der Waals surface area (Å²) in [6, 6.07) is 9.19. The molecule has 0 fully saturated rings. The number of ether oxygens (including phenoxy) is 2. The van der Waals surface area contributed by atoms with Crippen LogP contribution in [0, 0.1) is 0 Å². The van der Waals surface area contributed by atoms with Crippen LogP contribution in [-0.4, -0.2) is 36.6 Å². The number of carbonyl (C=O) groups is 2. The van der Waals surface area contributed by atoms with Gasteiger partial charge in [0.25, 0.3) is 5.91 Å². The summed E-state index contributed by atoms with van der Waals surface area (Å²) in [6.07, 6.45) is 2.11. The molecule has 130 valence electrons. The third kappa shape index (κ3) is 3.44. The molecular weight excluding hydrogens is 344 g/mol. The molecule has 6 nitrogen and oxygen atoms in total. The highest BCUT2D eigenvalue weighted by Crippen LogP contribution is 2.32. The van der Waals surface area contributed by atoms with Crippen molar-refractivity contribution in [2.45, 2.75) is 19.4 Å². The Morgan fingerprint density at radius 2 is 2.12 bits per heavy atom. The number of fused-ring (bicyclic) bond motifs is 1. The number of halogens is 1. The normalized spacial score (nSPS) is 15.6. The second-order valence-corrected chi connectivity index (χ2v) is 6.12. The highest BCUT2D eigenvalue weighted by molar-refractivity contribution is 6.29. The standard InChI is InChI=1S/C18H17ClN2O4/c1-11-7-12-5-3-4-6-14(12)21(11)17(22)10-25-15-9-20-16(19)8-13(15)18(23)24-2/h3-6,8-9,11H,7,10H2,1-2H3. The van der Waals surface area contributed by atoms with Crippen LogP contribution in [0.5, 0.6) is 5.75 Å². The number of esters is 1. The van der Waals surface area contributed by atoms with Crippen molar-refractivity contribution >= 4 is 29.2 Å². The Balaban J connectivity index is 1.76. The fourth-order valence-corrected chi connectivity index (χ4v) is 3.11. The third-order valence-corrected chi connectivity index (χ3v) is 4.27. The van der Waals surface area contributed by atoms with Gasteiger partial charge in [-0.1, -0.05) is 29.8 Å². The smallest absolute Gasteiger partial charge is 0.341 e. The van der Waals surface area contributed by atoms with Crippen LogP contribution in [0.2, 0.25) is 5.15 Å². The van der Waals surface area contributed by atoms with E-state index in [2.05, 4.69) is 4.98 Å². The SMILES string of the molecule is COC(=O)c1cc(Cl)ncc1OCC(=O)N1c2ccccc2CC1C. The Morgan fingerprint density at radius 1 is 1.36 bits per heavy atom. The van der Waals surface area contributed by atoms with E-state index < -0.39 is 5.97 Å². The van der Waals surface area contributed by atoms with E-state index in [4.69, 9.17) is 21.1 Å². The first kappa shape index (κ1) is 17.2. The summed E-state index contributed by atoms with van der Waals surface area (Å²) in [7, 11) is 1.26. The van der Waals surface area contributed by atoms with Crippen molar-refractivity contribution in [2.75, 3.05) is 18.6 Å². The van der Waals surface area contributed by atoms with E-state index in [1.54, 1.807) is 4.90 Å². The molecule has 1 aliphatic heterocycles. The van der Waals surface area contributed by atoms with Crippen molar-refractivity contribution in [3.63, 3.8) is 0 Å². The number of pyridine rings is 1. The molecule has 3 rings (SSSR count). The molecule has 1 amide bonds. The summed E-state index contributed by atoms with van der Waals surface area (Å²) in [5, 5.41) is 0.140. The zero-order valence-electron chi connectivity index (χ0n) is 13.9. The van der Waals surface area contributed by atoms with Gasteiger partial charge in [-0.25, -0.2) is 9.78 Å². The zero-order chi connectivity index (χ0) is 18.0. The molecule has 1 aliphatic rings. The molecule has 1 aromatic carbocycles. The van der Waals surface area contributed by atoms with Crippen molar-refractivity contribution < 1.29 is 19.1 Å². The number of aromatic nitrogens is 1. The van der Waals surface area contributed by atoms with E-state index in [9.17, 15) is 9.59 Å². The van der Waals surface area contributed by atoms with Crippen molar-refractivity contribution in [3.8, 4) is 5.75 Å². The van der Waals surface area contributed by atoms with E-state index in [1.165, 1.54) is 19.4 Å². The second kappa shape index (κ2) is 7.11. The molecule has 0 aliphatic carbocycles. The summed E-state index contributed by atoms with van der Waals surface area (Å²) in [6.45, 7) is 1.77. The summed E-state index contributed by atoms with van der Waals surface area (Å²) in [5.74, 6) is -0.639. The highest BCUT2D eigenvalue weighted by Gasteiger charge is 2.31. The molecular formula is C18H17ClN2O4. The van der Waals surface area contributed by atoms with E-state index in [1.807, 2.05) is 31.2 Å². The lowest BCUT2D eigenvalue weighted by molar-refractivity contribution is -0.120. The molecule has 0 N–H and O–H groups in total. The molecule has 1 aromatic heterocycles. The fraction of sp³-hybridized carbons (Fsp3) is 0.278. The van der Waals surface area contributed by atoms with Crippen LogP contribution in [-0.2, 0) is 16.0 Å². The van der Waals surface area contributed by atoms with E-state index in [0.29, 0.717) is 0 Å². The maximum Gasteiger partial charge on any atom is 0.341 e. The van der Waals surface area contributed by atoms with Gasteiger partial charge >= 0.3 is 5.97 Å². The van der Waals surface area contributed by atoms with Gasteiger partial charge in [0.2, 0.25) is 0 Å². The predicted molar refractivity (Wildman–Crippen MR) is 93.2 cm³/mol. The Labute approximate surface area is 150 Å². The molecule has 0 saturated carbocycles. The van der Waals surface area contributed by atoms with Crippen molar-refractivity contribution in [1.29, 1.82) is 0 Å². The van der Waals surface area contributed by atoms with E-state index >= 15 is 0 Å². The largest absolute Gasteiger partial charge is 0.481 e. The number of hydrogen-bond donors (Lipinski definition) is 0. The van der Waals surface area contributed by atoms with Gasteiger partial charge < -0.3 is 14.4 Å². The van der Waals surface area contributed by atoms with Gasteiger partial charge in [-0.3, -0.25) is 4.79 Å². The lowest BCUT2D eigenvalue weighted by atomic mass is 10.1. The lowest BCUT2D eigenvalue weighted by Gasteiger charge is -2.23. The van der Waals surface area contributed by atoms with Gasteiger partial charge in [-0.2, -0.15) is 0 Å². The highest BCUT2D eigenvalue weighted by atomic mass is 35.5. The van der Waals surface area contributed by atoms with Crippen molar-refractivity contribution in [1.82, 2.24) is 4.98 Å². The average molecular weight is 361 g/mol. The van der Waals surface area contributed by atoms with Crippen LogP contribution in [0.25, 0.3) is 0 Å². The minimum Gasteiger partial charge on any atom is -0.481 e. The number of carbonyl (C=O) groups excluding carboxylic acids is 2. The summed E-state index contributed by atoms with van der Waals surface area (Å²) < 4.78 is 10.2. The molecule has 2 heterocycles. The Kier molecular flexibility index (Phi) is 4.90. The number of hydrogen-bond acceptors (Lipinski definition) is 5. The van der Waals surface area contributed by atoms with Crippen molar-refractivity contribution in [2.24, 2.45) is 0 Å². The summed E-state index contributed by atoms with van der Waals surface area (Å²) >= 11 is 5.81. The topological polar surface area (TPSA) is 68.7 Å². The minimum absolute atomic E-state index is 0.0527. The second-order valence-electron chi connectivity index (χ2n) is 5.73. The van der Waals surface area contributed by atoms with E-state index in [0.717, 1.165) is 17.7 Å². The van der Waals surface area contributed by atoms with Crippen LogP contribution in [0.3, 0.4) is 0 Å². The monoisotopic (exact) mass is 360 g/mol. The van der Waals surface area contributed by atoms with Crippen LogP contribution in [0.15, 0.2) is 36.5 Å². The Bertz CT molecular complexity index is 824. The number of anilines is 1. The maximum atomic E-state index is 12.6. The quantitative estimate of drug-likeness (QED) is 0.619. The van der Waals surface area contributed by atoms with Gasteiger partial charge in [0.15, 0.2) is 12.4 Å². The first-order valence-electron chi connectivity index (χ1n) is 7.78. The Morgan fingerprint density at radius 3 is 2.88 bits per heavy atom. The minimum atomic E-state index is -0.605. The number of benzene rings is 1.